The summed E-state index contributed by atoms with van der Waals surface area (Å²) in [6.45, 7) is 5.12. The zero-order valence-corrected chi connectivity index (χ0v) is 13.2. The van der Waals surface area contributed by atoms with Crippen molar-refractivity contribution in [1.82, 2.24) is 0 Å². The largest absolute Gasteiger partial charge is 0.370 e. The van der Waals surface area contributed by atoms with Gasteiger partial charge in [0.2, 0.25) is 0 Å². The van der Waals surface area contributed by atoms with Crippen molar-refractivity contribution in [1.29, 1.82) is 0 Å². The number of guanidine groups is 1. The van der Waals surface area contributed by atoms with Gasteiger partial charge in [-0.05, 0) is 41.2 Å². The first-order valence-corrected chi connectivity index (χ1v) is 7.88. The summed E-state index contributed by atoms with van der Waals surface area (Å²) in [5.41, 5.74) is 11.2. The Labute approximate surface area is 132 Å². The van der Waals surface area contributed by atoms with Crippen molar-refractivity contribution in [3.8, 4) is 0 Å². The van der Waals surface area contributed by atoms with Gasteiger partial charge in [0.05, 0.1) is 0 Å². The number of anilines is 1. The van der Waals surface area contributed by atoms with E-state index >= 15 is 0 Å². The lowest BCUT2D eigenvalue weighted by molar-refractivity contribution is 0.619. The van der Waals surface area contributed by atoms with Crippen molar-refractivity contribution in [3.63, 3.8) is 0 Å². The van der Waals surface area contributed by atoms with Crippen LogP contribution in [0.2, 0.25) is 0 Å². The molecule has 0 bridgehead atoms. The molecule has 0 heterocycles. The molecule has 1 aliphatic rings. The molecule has 1 aliphatic carbocycles. The number of aliphatic imine (C=N–C) groups is 1. The molecule has 0 spiro atoms. The molecule has 3 N–H and O–H groups in total. The average Bonchev–Trinajstić information content (AvgIpc) is 2.48. The van der Waals surface area contributed by atoms with Crippen LogP contribution in [0.4, 0.5) is 5.69 Å². The third-order valence-corrected chi connectivity index (χ3v) is 4.27. The minimum atomic E-state index is 0.491. The minimum Gasteiger partial charge on any atom is -0.370 e. The van der Waals surface area contributed by atoms with E-state index in [4.69, 9.17) is 5.73 Å². The lowest BCUT2D eigenvalue weighted by Crippen LogP contribution is -2.26. The molecule has 0 saturated carbocycles. The fraction of sp³-hybridized carbons (Fsp3) is 0.316. The van der Waals surface area contributed by atoms with Crippen LogP contribution in [0.15, 0.2) is 53.5 Å². The summed E-state index contributed by atoms with van der Waals surface area (Å²) in [6, 6.07) is 16.9. The van der Waals surface area contributed by atoms with Gasteiger partial charge in [-0.3, -0.25) is 4.99 Å². The van der Waals surface area contributed by atoms with Gasteiger partial charge in [-0.1, -0.05) is 50.2 Å². The lowest BCUT2D eigenvalue weighted by Gasteiger charge is -2.28. The normalized spacial score (nSPS) is 17.0. The summed E-state index contributed by atoms with van der Waals surface area (Å²) in [5.74, 6) is 1.51. The maximum absolute atomic E-state index is 6.02. The Morgan fingerprint density at radius 3 is 2.82 bits per heavy atom. The third kappa shape index (κ3) is 3.14. The molecule has 0 amide bonds. The summed E-state index contributed by atoms with van der Waals surface area (Å²) >= 11 is 0. The molecule has 0 saturated heterocycles. The number of fused-ring (bicyclic) bond motifs is 1. The van der Waals surface area contributed by atoms with E-state index in [-0.39, 0.29) is 0 Å². The third-order valence-electron chi connectivity index (χ3n) is 4.27. The number of hydrogen-bond acceptors (Lipinski definition) is 1. The minimum absolute atomic E-state index is 0.491. The van der Waals surface area contributed by atoms with Crippen molar-refractivity contribution in [2.24, 2.45) is 10.7 Å². The molecule has 114 valence electrons. The highest BCUT2D eigenvalue weighted by molar-refractivity contribution is 5.92. The van der Waals surface area contributed by atoms with Crippen LogP contribution >= 0.6 is 0 Å². The molecule has 2 aromatic carbocycles. The van der Waals surface area contributed by atoms with Gasteiger partial charge in [-0.15, -0.1) is 0 Å². The summed E-state index contributed by atoms with van der Waals surface area (Å²) < 4.78 is 0. The molecule has 3 rings (SSSR count). The maximum Gasteiger partial charge on any atom is 0.193 e. The number of rotatable bonds is 4. The van der Waals surface area contributed by atoms with Gasteiger partial charge in [0, 0.05) is 18.2 Å². The second kappa shape index (κ2) is 6.22. The Bertz CT molecular complexity index is 689. The second-order valence-electron chi connectivity index (χ2n) is 6.23. The molecule has 22 heavy (non-hydrogen) atoms. The van der Waals surface area contributed by atoms with Gasteiger partial charge in [0.25, 0.3) is 0 Å². The van der Waals surface area contributed by atoms with E-state index in [2.05, 4.69) is 60.6 Å². The predicted octanol–water partition coefficient (Wildman–Crippen LogP) is 3.88. The topological polar surface area (TPSA) is 50.4 Å². The Morgan fingerprint density at radius 1 is 1.23 bits per heavy atom. The molecule has 1 unspecified atom stereocenters. The number of benzene rings is 2. The first kappa shape index (κ1) is 14.6. The van der Waals surface area contributed by atoms with Crippen LogP contribution in [0.3, 0.4) is 0 Å². The van der Waals surface area contributed by atoms with E-state index in [0.717, 1.165) is 18.7 Å². The second-order valence-corrected chi connectivity index (χ2v) is 6.23. The van der Waals surface area contributed by atoms with E-state index in [1.165, 1.54) is 16.7 Å². The molecule has 0 fully saturated rings. The van der Waals surface area contributed by atoms with Gasteiger partial charge >= 0.3 is 0 Å². The number of hydrogen-bond donors (Lipinski definition) is 2. The van der Waals surface area contributed by atoms with Crippen molar-refractivity contribution < 1.29 is 0 Å². The number of nitrogens with two attached hydrogens (primary N) is 1. The Balaban J connectivity index is 1.61. The van der Waals surface area contributed by atoms with Gasteiger partial charge in [0.1, 0.15) is 0 Å². The van der Waals surface area contributed by atoms with Crippen LogP contribution in [0.5, 0.6) is 0 Å². The van der Waals surface area contributed by atoms with Crippen LogP contribution in [0.25, 0.3) is 0 Å². The van der Waals surface area contributed by atoms with E-state index in [0.29, 0.717) is 17.8 Å². The van der Waals surface area contributed by atoms with Crippen LogP contribution in [-0.2, 0) is 6.42 Å². The van der Waals surface area contributed by atoms with Crippen LogP contribution in [0, 0.1) is 0 Å². The highest BCUT2D eigenvalue weighted by atomic mass is 15.1. The molecular weight excluding hydrogens is 270 g/mol. The first-order valence-electron chi connectivity index (χ1n) is 7.88. The van der Waals surface area contributed by atoms with Crippen LogP contribution in [0.1, 0.15) is 42.4 Å². The van der Waals surface area contributed by atoms with Crippen LogP contribution in [-0.4, -0.2) is 12.5 Å². The van der Waals surface area contributed by atoms with Crippen molar-refractivity contribution in [2.45, 2.75) is 32.1 Å². The first-order chi connectivity index (χ1) is 10.6. The monoisotopic (exact) mass is 293 g/mol. The fourth-order valence-electron chi connectivity index (χ4n) is 2.90. The van der Waals surface area contributed by atoms with E-state index in [1.54, 1.807) is 0 Å². The summed E-state index contributed by atoms with van der Waals surface area (Å²) in [5, 5.41) is 3.19. The number of nitrogens with zero attached hydrogens (tertiary/aromatic N) is 1. The molecule has 0 radical (unpaired) electrons. The predicted molar refractivity (Wildman–Crippen MR) is 93.5 cm³/mol. The quantitative estimate of drug-likeness (QED) is 0.664. The van der Waals surface area contributed by atoms with Crippen LogP contribution < -0.4 is 11.1 Å². The summed E-state index contributed by atoms with van der Waals surface area (Å²) in [6.07, 6.45) is 1.11. The standard InChI is InChI=1S/C19H23N3/c1-13(2)14-7-5-8-17(11-14)22-19(20)21-12-16-10-15-6-3-4-9-18(15)16/h3-9,11,13,16H,10,12H2,1-2H3,(H3,20,21,22). The Kier molecular flexibility index (Phi) is 4.14. The van der Waals surface area contributed by atoms with Gasteiger partial charge in [0.15, 0.2) is 5.96 Å². The van der Waals surface area contributed by atoms with Crippen molar-refractivity contribution in [3.05, 3.63) is 65.2 Å². The highest BCUT2D eigenvalue weighted by Gasteiger charge is 2.24. The summed E-state index contributed by atoms with van der Waals surface area (Å²) in [7, 11) is 0. The van der Waals surface area contributed by atoms with E-state index < -0.39 is 0 Å². The van der Waals surface area contributed by atoms with E-state index in [9.17, 15) is 0 Å². The smallest absolute Gasteiger partial charge is 0.193 e. The molecule has 1 atom stereocenters. The van der Waals surface area contributed by atoms with E-state index in [1.807, 2.05) is 12.1 Å². The molecule has 0 aliphatic heterocycles. The Morgan fingerprint density at radius 2 is 2.05 bits per heavy atom. The zero-order valence-electron chi connectivity index (χ0n) is 13.2. The van der Waals surface area contributed by atoms with Crippen molar-refractivity contribution >= 4 is 11.6 Å². The maximum atomic E-state index is 6.02. The highest BCUT2D eigenvalue weighted by Crippen LogP contribution is 2.34. The molecular formula is C19H23N3. The molecule has 3 nitrogen and oxygen atoms in total. The zero-order chi connectivity index (χ0) is 15.5. The molecule has 0 aromatic heterocycles. The molecule has 3 heteroatoms. The lowest BCUT2D eigenvalue weighted by atomic mass is 9.78. The van der Waals surface area contributed by atoms with Gasteiger partial charge < -0.3 is 11.1 Å². The SMILES string of the molecule is CC(C)c1cccc(NC(N)=NCC2Cc3ccccc32)c1. The van der Waals surface area contributed by atoms with Gasteiger partial charge in [-0.2, -0.15) is 0 Å². The van der Waals surface area contributed by atoms with Crippen molar-refractivity contribution in [2.75, 3.05) is 11.9 Å². The Hall–Kier alpha value is -2.29. The van der Waals surface area contributed by atoms with Gasteiger partial charge in [-0.25, -0.2) is 0 Å². The average molecular weight is 293 g/mol. The number of nitrogens with one attached hydrogen (secondary N) is 1. The fourth-order valence-corrected chi connectivity index (χ4v) is 2.90. The summed E-state index contributed by atoms with van der Waals surface area (Å²) in [4.78, 5) is 4.50. The molecule has 2 aromatic rings.